The fourth-order valence-electron chi connectivity index (χ4n) is 3.36. The van der Waals surface area contributed by atoms with Crippen LogP contribution in [0.25, 0.3) is 23.3 Å². The van der Waals surface area contributed by atoms with Crippen molar-refractivity contribution in [2.75, 3.05) is 0 Å². The fourth-order valence-corrected chi connectivity index (χ4v) is 3.36. The molecule has 3 aromatic carbocycles. The van der Waals surface area contributed by atoms with Gasteiger partial charge in [0, 0.05) is 5.56 Å². The Morgan fingerprint density at radius 2 is 1.32 bits per heavy atom. The predicted octanol–water partition coefficient (Wildman–Crippen LogP) is 7.96. The molecule has 28 heavy (non-hydrogen) atoms. The van der Waals surface area contributed by atoms with Gasteiger partial charge >= 0.3 is 0 Å². The van der Waals surface area contributed by atoms with Gasteiger partial charge in [-0.3, -0.25) is 0 Å². The molecule has 0 atom stereocenters. The van der Waals surface area contributed by atoms with Crippen molar-refractivity contribution in [1.82, 2.24) is 0 Å². The first-order valence-corrected chi connectivity index (χ1v) is 10.4. The highest BCUT2D eigenvalue weighted by Crippen LogP contribution is 2.25. The Labute approximate surface area is 168 Å². The standard InChI is InChI=1S/C27H29F/c1-3-5-6-7-24-16-19-26(27(28)20-24)25-17-14-23(15-18-25)13-12-22-10-8-21(4-2)9-11-22/h8-20H,3-7H2,1-2H3/b13-12+. The molecule has 0 saturated heterocycles. The first-order valence-electron chi connectivity index (χ1n) is 10.4. The number of benzene rings is 3. The zero-order chi connectivity index (χ0) is 19.8. The van der Waals surface area contributed by atoms with Crippen LogP contribution in [-0.4, -0.2) is 0 Å². The third kappa shape index (κ3) is 5.42. The van der Waals surface area contributed by atoms with Crippen LogP contribution in [0.5, 0.6) is 0 Å². The number of halogens is 1. The molecule has 1 heteroatoms. The maximum Gasteiger partial charge on any atom is 0.131 e. The minimum atomic E-state index is -0.131. The molecule has 0 aliphatic rings. The fraction of sp³-hybridized carbons (Fsp3) is 0.259. The quantitative estimate of drug-likeness (QED) is 0.278. The van der Waals surface area contributed by atoms with Crippen LogP contribution in [0.4, 0.5) is 4.39 Å². The molecule has 3 aromatic rings. The summed E-state index contributed by atoms with van der Waals surface area (Å²) in [7, 11) is 0. The van der Waals surface area contributed by atoms with Gasteiger partial charge in [0.1, 0.15) is 5.82 Å². The Hall–Kier alpha value is -2.67. The molecule has 0 radical (unpaired) electrons. The van der Waals surface area contributed by atoms with E-state index in [2.05, 4.69) is 56.3 Å². The maximum atomic E-state index is 14.6. The van der Waals surface area contributed by atoms with Crippen LogP contribution < -0.4 is 0 Å². The Bertz CT molecular complexity index is 902. The molecule has 0 aliphatic carbocycles. The van der Waals surface area contributed by atoms with Gasteiger partial charge in [-0.15, -0.1) is 0 Å². The third-order valence-corrected chi connectivity index (χ3v) is 5.18. The molecule has 0 aromatic heterocycles. The molecule has 0 aliphatic heterocycles. The molecule has 0 unspecified atom stereocenters. The van der Waals surface area contributed by atoms with Gasteiger partial charge in [0.2, 0.25) is 0 Å². The van der Waals surface area contributed by atoms with Gasteiger partial charge in [0.05, 0.1) is 0 Å². The van der Waals surface area contributed by atoms with Crippen molar-refractivity contribution in [3.8, 4) is 11.1 Å². The van der Waals surface area contributed by atoms with E-state index in [1.165, 1.54) is 24.0 Å². The van der Waals surface area contributed by atoms with E-state index < -0.39 is 0 Å². The van der Waals surface area contributed by atoms with Crippen LogP contribution in [0.3, 0.4) is 0 Å². The van der Waals surface area contributed by atoms with E-state index in [0.29, 0.717) is 5.56 Å². The Balaban J connectivity index is 1.68. The maximum absolute atomic E-state index is 14.6. The van der Waals surface area contributed by atoms with E-state index in [-0.39, 0.29) is 5.82 Å². The van der Waals surface area contributed by atoms with E-state index >= 15 is 0 Å². The molecular weight excluding hydrogens is 343 g/mol. The van der Waals surface area contributed by atoms with Crippen LogP contribution in [0.15, 0.2) is 66.7 Å². The monoisotopic (exact) mass is 372 g/mol. The van der Waals surface area contributed by atoms with Crippen molar-refractivity contribution in [3.63, 3.8) is 0 Å². The summed E-state index contributed by atoms with van der Waals surface area (Å²) in [4.78, 5) is 0. The summed E-state index contributed by atoms with van der Waals surface area (Å²) >= 11 is 0. The van der Waals surface area contributed by atoms with E-state index in [1.807, 2.05) is 30.3 Å². The van der Waals surface area contributed by atoms with Crippen LogP contribution in [0.2, 0.25) is 0 Å². The van der Waals surface area contributed by atoms with Gasteiger partial charge in [-0.05, 0) is 53.1 Å². The summed E-state index contributed by atoms with van der Waals surface area (Å²) in [6.45, 7) is 4.35. The lowest BCUT2D eigenvalue weighted by atomic mass is 9.99. The average molecular weight is 373 g/mol. The summed E-state index contributed by atoms with van der Waals surface area (Å²) in [5, 5.41) is 0. The first-order chi connectivity index (χ1) is 13.7. The largest absolute Gasteiger partial charge is 0.206 e. The lowest BCUT2D eigenvalue weighted by Gasteiger charge is -2.07. The number of unbranched alkanes of at least 4 members (excludes halogenated alkanes) is 2. The smallest absolute Gasteiger partial charge is 0.131 e. The molecule has 0 fully saturated rings. The third-order valence-electron chi connectivity index (χ3n) is 5.18. The zero-order valence-electron chi connectivity index (χ0n) is 16.9. The van der Waals surface area contributed by atoms with Gasteiger partial charge in [0.15, 0.2) is 0 Å². The summed E-state index contributed by atoms with van der Waals surface area (Å²) in [5.74, 6) is -0.131. The molecule has 0 bridgehead atoms. The zero-order valence-corrected chi connectivity index (χ0v) is 16.9. The number of aryl methyl sites for hydroxylation is 2. The highest BCUT2D eigenvalue weighted by Gasteiger charge is 2.06. The Morgan fingerprint density at radius 1 is 0.714 bits per heavy atom. The molecule has 0 heterocycles. The second kappa shape index (κ2) is 10.0. The Morgan fingerprint density at radius 3 is 1.89 bits per heavy atom. The minimum absolute atomic E-state index is 0.131. The molecule has 0 spiro atoms. The molecular formula is C27H29F. The van der Waals surface area contributed by atoms with E-state index in [4.69, 9.17) is 0 Å². The van der Waals surface area contributed by atoms with Gasteiger partial charge < -0.3 is 0 Å². The minimum Gasteiger partial charge on any atom is -0.206 e. The number of rotatable bonds is 8. The van der Waals surface area contributed by atoms with E-state index in [9.17, 15) is 4.39 Å². The van der Waals surface area contributed by atoms with Crippen molar-refractivity contribution >= 4 is 12.2 Å². The predicted molar refractivity (Wildman–Crippen MR) is 120 cm³/mol. The van der Waals surface area contributed by atoms with Crippen molar-refractivity contribution in [3.05, 3.63) is 94.8 Å². The van der Waals surface area contributed by atoms with Crippen LogP contribution in [0, 0.1) is 5.82 Å². The second-order valence-corrected chi connectivity index (χ2v) is 7.32. The van der Waals surface area contributed by atoms with Crippen LogP contribution in [-0.2, 0) is 12.8 Å². The van der Waals surface area contributed by atoms with E-state index in [0.717, 1.165) is 36.0 Å². The highest BCUT2D eigenvalue weighted by atomic mass is 19.1. The van der Waals surface area contributed by atoms with E-state index in [1.54, 1.807) is 6.07 Å². The van der Waals surface area contributed by atoms with Crippen molar-refractivity contribution in [1.29, 1.82) is 0 Å². The van der Waals surface area contributed by atoms with Gasteiger partial charge in [-0.2, -0.15) is 0 Å². The number of hydrogen-bond donors (Lipinski definition) is 0. The lowest BCUT2D eigenvalue weighted by molar-refractivity contribution is 0.626. The molecule has 0 nitrogen and oxygen atoms in total. The molecule has 0 saturated carbocycles. The Kier molecular flexibility index (Phi) is 7.19. The average Bonchev–Trinajstić information content (AvgIpc) is 2.73. The highest BCUT2D eigenvalue weighted by molar-refractivity contribution is 5.72. The van der Waals surface area contributed by atoms with Crippen LogP contribution >= 0.6 is 0 Å². The van der Waals surface area contributed by atoms with Crippen LogP contribution in [0.1, 0.15) is 55.4 Å². The molecule has 144 valence electrons. The first kappa shape index (κ1) is 20.1. The van der Waals surface area contributed by atoms with Gasteiger partial charge in [0.25, 0.3) is 0 Å². The summed E-state index contributed by atoms with van der Waals surface area (Å²) < 4.78 is 14.6. The molecule has 3 rings (SSSR count). The summed E-state index contributed by atoms with van der Waals surface area (Å²) in [6, 6.07) is 22.3. The van der Waals surface area contributed by atoms with Crippen molar-refractivity contribution < 1.29 is 4.39 Å². The van der Waals surface area contributed by atoms with Gasteiger partial charge in [-0.1, -0.05) is 99.5 Å². The number of hydrogen-bond acceptors (Lipinski definition) is 0. The SMILES string of the molecule is CCCCCc1ccc(-c2ccc(/C=C/c3ccc(CC)cc3)cc2)c(F)c1. The lowest BCUT2D eigenvalue weighted by Crippen LogP contribution is -1.90. The molecule has 0 amide bonds. The summed E-state index contributed by atoms with van der Waals surface area (Å²) in [6.07, 6.45) is 9.72. The van der Waals surface area contributed by atoms with Crippen molar-refractivity contribution in [2.24, 2.45) is 0 Å². The summed E-state index contributed by atoms with van der Waals surface area (Å²) in [5.41, 5.74) is 6.32. The topological polar surface area (TPSA) is 0 Å². The second-order valence-electron chi connectivity index (χ2n) is 7.32. The molecule has 0 N–H and O–H groups in total. The van der Waals surface area contributed by atoms with Gasteiger partial charge in [-0.25, -0.2) is 4.39 Å². The van der Waals surface area contributed by atoms with Crippen molar-refractivity contribution in [2.45, 2.75) is 46.0 Å². The normalized spacial score (nSPS) is 11.2.